The SMILES string of the molecule is CC(=O)C(O)(C(C)=O)[C@@](O)(C(C)=O)[C@H]1OC(=O)C(O)=C1O. The van der Waals surface area contributed by atoms with Gasteiger partial charge in [-0.1, -0.05) is 0 Å². The van der Waals surface area contributed by atoms with Gasteiger partial charge in [-0.2, -0.15) is 0 Å². The summed E-state index contributed by atoms with van der Waals surface area (Å²) >= 11 is 0. The lowest BCUT2D eigenvalue weighted by atomic mass is 9.71. The van der Waals surface area contributed by atoms with Crippen LogP contribution in [-0.2, 0) is 23.9 Å². The standard InChI is InChI=1S/C12H14O9/c1-4(13)11(19,5(2)14)12(20,6(3)15)9-7(16)8(17)10(18)21-9/h9,16-17,19-20H,1-3H3/t9-,12+/m0/s1. The van der Waals surface area contributed by atoms with Gasteiger partial charge in [0.25, 0.3) is 0 Å². The molecule has 2 atom stereocenters. The molecule has 1 heterocycles. The number of ketones is 3. The van der Waals surface area contributed by atoms with Crippen LogP contribution in [0, 0.1) is 0 Å². The van der Waals surface area contributed by atoms with Gasteiger partial charge in [-0.3, -0.25) is 14.4 Å². The molecule has 0 unspecified atom stereocenters. The second kappa shape index (κ2) is 4.93. The molecule has 0 saturated carbocycles. The zero-order valence-corrected chi connectivity index (χ0v) is 11.4. The average Bonchev–Trinajstić information content (AvgIpc) is 2.63. The first-order valence-electron chi connectivity index (χ1n) is 5.73. The highest BCUT2D eigenvalue weighted by molar-refractivity contribution is 6.15. The van der Waals surface area contributed by atoms with Crippen LogP contribution in [-0.4, -0.2) is 61.1 Å². The molecule has 1 rings (SSSR count). The molecular formula is C12H14O9. The Kier molecular flexibility index (Phi) is 3.95. The molecule has 0 amide bonds. The number of esters is 1. The molecule has 4 N–H and O–H groups in total. The van der Waals surface area contributed by atoms with E-state index in [0.29, 0.717) is 6.92 Å². The second-order valence-electron chi connectivity index (χ2n) is 4.66. The fraction of sp³-hybridized carbons (Fsp3) is 0.500. The van der Waals surface area contributed by atoms with E-state index >= 15 is 0 Å². The Bertz CT molecular complexity index is 559. The van der Waals surface area contributed by atoms with Crippen molar-refractivity contribution in [2.24, 2.45) is 0 Å². The molecule has 0 saturated heterocycles. The van der Waals surface area contributed by atoms with Crippen molar-refractivity contribution in [1.29, 1.82) is 0 Å². The molecule has 9 heteroatoms. The molecule has 1 aliphatic heterocycles. The number of aliphatic hydroxyl groups is 4. The lowest BCUT2D eigenvalue weighted by Gasteiger charge is -2.40. The number of carbonyl (C=O) groups is 4. The molecule has 0 fully saturated rings. The monoisotopic (exact) mass is 302 g/mol. The van der Waals surface area contributed by atoms with Crippen LogP contribution >= 0.6 is 0 Å². The van der Waals surface area contributed by atoms with E-state index in [2.05, 4.69) is 4.74 Å². The van der Waals surface area contributed by atoms with E-state index in [1.165, 1.54) is 0 Å². The van der Waals surface area contributed by atoms with Gasteiger partial charge >= 0.3 is 5.97 Å². The second-order valence-corrected chi connectivity index (χ2v) is 4.66. The smallest absolute Gasteiger partial charge is 0.378 e. The summed E-state index contributed by atoms with van der Waals surface area (Å²) in [6.45, 7) is 2.17. The Morgan fingerprint density at radius 1 is 1.00 bits per heavy atom. The van der Waals surface area contributed by atoms with Gasteiger partial charge in [0, 0.05) is 0 Å². The van der Waals surface area contributed by atoms with Gasteiger partial charge < -0.3 is 25.2 Å². The lowest BCUT2D eigenvalue weighted by molar-refractivity contribution is -0.205. The quantitative estimate of drug-likeness (QED) is 0.349. The number of carbonyl (C=O) groups excluding carboxylic acids is 4. The molecule has 0 aromatic heterocycles. The van der Waals surface area contributed by atoms with E-state index in [0.717, 1.165) is 13.8 Å². The van der Waals surface area contributed by atoms with Crippen molar-refractivity contribution in [2.45, 2.75) is 38.1 Å². The Balaban J connectivity index is 3.62. The molecule has 0 aromatic rings. The number of hydrogen-bond donors (Lipinski definition) is 4. The average molecular weight is 302 g/mol. The topological polar surface area (TPSA) is 158 Å². The predicted molar refractivity (Wildman–Crippen MR) is 64.1 cm³/mol. The molecule has 21 heavy (non-hydrogen) atoms. The molecule has 0 aromatic carbocycles. The minimum absolute atomic E-state index is 0.716. The van der Waals surface area contributed by atoms with Gasteiger partial charge in [-0.15, -0.1) is 0 Å². The third-order valence-corrected chi connectivity index (χ3v) is 3.40. The summed E-state index contributed by atoms with van der Waals surface area (Å²) in [5, 5.41) is 39.4. The maximum Gasteiger partial charge on any atom is 0.378 e. The van der Waals surface area contributed by atoms with Gasteiger partial charge in [0.05, 0.1) is 0 Å². The van der Waals surface area contributed by atoms with Crippen LogP contribution in [0.3, 0.4) is 0 Å². The van der Waals surface area contributed by atoms with E-state index in [-0.39, 0.29) is 0 Å². The van der Waals surface area contributed by atoms with Crippen molar-refractivity contribution >= 4 is 23.3 Å². The van der Waals surface area contributed by atoms with Crippen molar-refractivity contribution < 1.29 is 44.3 Å². The molecule has 0 radical (unpaired) electrons. The Hall–Kier alpha value is -2.26. The number of Topliss-reactive ketones (excluding diaryl/α,β-unsaturated/α-hetero) is 3. The summed E-state index contributed by atoms with van der Waals surface area (Å²) in [6, 6.07) is 0. The summed E-state index contributed by atoms with van der Waals surface area (Å²) in [7, 11) is 0. The van der Waals surface area contributed by atoms with Gasteiger partial charge in [0.2, 0.25) is 23.1 Å². The van der Waals surface area contributed by atoms with Crippen LogP contribution in [0.15, 0.2) is 11.5 Å². The first-order chi connectivity index (χ1) is 9.42. The summed E-state index contributed by atoms with van der Waals surface area (Å²) in [5.41, 5.74) is -6.54. The number of hydrogen-bond acceptors (Lipinski definition) is 9. The van der Waals surface area contributed by atoms with E-state index in [4.69, 9.17) is 0 Å². The first kappa shape index (κ1) is 16.8. The highest BCUT2D eigenvalue weighted by atomic mass is 16.6. The van der Waals surface area contributed by atoms with Crippen LogP contribution in [0.5, 0.6) is 0 Å². The molecule has 0 spiro atoms. The summed E-state index contributed by atoms with van der Waals surface area (Å²) in [6.07, 6.45) is -2.29. The van der Waals surface area contributed by atoms with E-state index in [1.807, 2.05) is 0 Å². The van der Waals surface area contributed by atoms with Crippen molar-refractivity contribution in [2.75, 3.05) is 0 Å². The third-order valence-electron chi connectivity index (χ3n) is 3.40. The third kappa shape index (κ3) is 2.01. The summed E-state index contributed by atoms with van der Waals surface area (Å²) in [5.74, 6) is -7.97. The fourth-order valence-electron chi connectivity index (χ4n) is 2.14. The minimum atomic E-state index is -3.28. The van der Waals surface area contributed by atoms with Gasteiger partial charge in [-0.05, 0) is 20.8 Å². The first-order valence-corrected chi connectivity index (χ1v) is 5.73. The number of ether oxygens (including phenoxy) is 1. The summed E-state index contributed by atoms with van der Waals surface area (Å²) in [4.78, 5) is 46.1. The minimum Gasteiger partial charge on any atom is -0.505 e. The number of rotatable bonds is 5. The predicted octanol–water partition coefficient (Wildman–Crippen LogP) is -1.53. The molecule has 0 bridgehead atoms. The molecule has 0 aliphatic carbocycles. The molecular weight excluding hydrogens is 288 g/mol. The normalized spacial score (nSPS) is 21.8. The largest absolute Gasteiger partial charge is 0.505 e. The maximum atomic E-state index is 11.7. The van der Waals surface area contributed by atoms with Crippen molar-refractivity contribution in [3.05, 3.63) is 11.5 Å². The zero-order valence-electron chi connectivity index (χ0n) is 11.4. The van der Waals surface area contributed by atoms with Crippen LogP contribution in [0.4, 0.5) is 0 Å². The summed E-state index contributed by atoms with van der Waals surface area (Å²) < 4.78 is 4.41. The Labute approximate surface area is 118 Å². The van der Waals surface area contributed by atoms with Gasteiger partial charge in [-0.25, -0.2) is 4.79 Å². The van der Waals surface area contributed by atoms with Crippen LogP contribution < -0.4 is 0 Å². The van der Waals surface area contributed by atoms with Crippen LogP contribution in [0.25, 0.3) is 0 Å². The van der Waals surface area contributed by atoms with E-state index < -0.39 is 52.1 Å². The fourth-order valence-corrected chi connectivity index (χ4v) is 2.14. The van der Waals surface area contributed by atoms with Crippen molar-refractivity contribution in [3.8, 4) is 0 Å². The number of aliphatic hydroxyl groups excluding tert-OH is 2. The van der Waals surface area contributed by atoms with Crippen LogP contribution in [0.1, 0.15) is 20.8 Å². The molecule has 1 aliphatic rings. The van der Waals surface area contributed by atoms with Gasteiger partial charge in [0.15, 0.2) is 23.1 Å². The lowest BCUT2D eigenvalue weighted by Crippen LogP contribution is -2.71. The van der Waals surface area contributed by atoms with Crippen LogP contribution in [0.2, 0.25) is 0 Å². The van der Waals surface area contributed by atoms with Crippen molar-refractivity contribution in [1.82, 2.24) is 0 Å². The molecule has 116 valence electrons. The maximum absolute atomic E-state index is 11.7. The van der Waals surface area contributed by atoms with Gasteiger partial charge in [0.1, 0.15) is 0 Å². The number of cyclic esters (lactones) is 1. The van der Waals surface area contributed by atoms with Crippen molar-refractivity contribution in [3.63, 3.8) is 0 Å². The highest BCUT2D eigenvalue weighted by Gasteiger charge is 2.68. The van der Waals surface area contributed by atoms with E-state index in [9.17, 15) is 39.6 Å². The Morgan fingerprint density at radius 3 is 1.67 bits per heavy atom. The van der Waals surface area contributed by atoms with E-state index in [1.54, 1.807) is 0 Å². The zero-order chi connectivity index (χ0) is 16.7. The highest BCUT2D eigenvalue weighted by Crippen LogP contribution is 2.37. The molecule has 9 nitrogen and oxygen atoms in total. The Morgan fingerprint density at radius 2 is 1.43 bits per heavy atom.